The van der Waals surface area contributed by atoms with E-state index in [4.69, 9.17) is 20.4 Å². The smallest absolute Gasteiger partial charge is 0.231 e. The number of unbranched alkanes of at least 4 members (excludes halogenated alkanes) is 8. The molecule has 0 saturated heterocycles. The zero-order chi connectivity index (χ0) is 19.1. The lowest BCUT2D eigenvalue weighted by atomic mass is 9.85. The summed E-state index contributed by atoms with van der Waals surface area (Å²) in [6, 6.07) is 0. The molecule has 5 N–H and O–H groups in total. The van der Waals surface area contributed by atoms with Gasteiger partial charge in [0, 0.05) is 5.41 Å². The fraction of sp³-hybridized carbons (Fsp3) is 0.882. The average molecular weight is 346 g/mol. The van der Waals surface area contributed by atoms with Gasteiger partial charge in [-0.25, -0.2) is 20.4 Å². The first-order chi connectivity index (χ1) is 11.6. The maximum atomic E-state index is 9.18. The maximum absolute atomic E-state index is 9.18. The van der Waals surface area contributed by atoms with Crippen molar-refractivity contribution in [2.45, 2.75) is 71.1 Å². The molecule has 0 aliphatic carbocycles. The van der Waals surface area contributed by atoms with Crippen LogP contribution >= 0.6 is 0 Å². The second-order valence-corrected chi connectivity index (χ2v) is 5.76. The van der Waals surface area contributed by atoms with Crippen LogP contribution in [-0.4, -0.2) is 47.3 Å². The molecule has 0 bridgehead atoms. The normalized spacial score (nSPS) is 9.67. The zero-order valence-corrected chi connectivity index (χ0v) is 14.9. The Morgan fingerprint density at radius 1 is 0.708 bits per heavy atom. The molecule has 7 heteroatoms. The molecular weight excluding hydrogens is 312 g/mol. The topological polar surface area (TPSA) is 143 Å². The lowest BCUT2D eigenvalue weighted by Gasteiger charge is -2.27. The molecule has 0 atom stereocenters. The van der Waals surface area contributed by atoms with Crippen molar-refractivity contribution in [2.75, 3.05) is 19.8 Å². The molecule has 0 radical (unpaired) electrons. The average Bonchev–Trinajstić information content (AvgIpc) is 2.59. The first kappa shape index (κ1) is 27.5. The van der Waals surface area contributed by atoms with Gasteiger partial charge in [0.15, 0.2) is 0 Å². The Hall–Kier alpha value is -1.36. The number of hydrogen-bond donors (Lipinski definition) is 5. The summed E-state index contributed by atoms with van der Waals surface area (Å²) in [4.78, 5) is 16.7. The van der Waals surface area contributed by atoms with Crippen LogP contribution in [0.2, 0.25) is 0 Å². The first-order valence-corrected chi connectivity index (χ1v) is 8.48. The highest BCUT2D eigenvalue weighted by Crippen LogP contribution is 2.23. The minimum absolute atomic E-state index is 0.128. The summed E-state index contributed by atoms with van der Waals surface area (Å²) in [5, 5.41) is 38.3. The third-order valence-electron chi connectivity index (χ3n) is 3.82. The van der Waals surface area contributed by atoms with Crippen LogP contribution in [0.4, 0.5) is 0 Å². The van der Waals surface area contributed by atoms with Gasteiger partial charge in [0.2, 0.25) is 12.2 Å². The number of isocyanates is 2. The van der Waals surface area contributed by atoms with E-state index in [0.717, 1.165) is 25.0 Å². The van der Waals surface area contributed by atoms with Crippen LogP contribution in [0, 0.1) is 16.2 Å². The van der Waals surface area contributed by atoms with Gasteiger partial charge in [-0.05, 0) is 6.42 Å². The molecule has 0 aliphatic heterocycles. The fourth-order valence-corrected chi connectivity index (χ4v) is 2.20. The van der Waals surface area contributed by atoms with Crippen LogP contribution in [0.25, 0.3) is 0 Å². The van der Waals surface area contributed by atoms with E-state index in [1.807, 2.05) is 0 Å². The number of nitrogens with one attached hydrogen (secondary N) is 2. The summed E-state index contributed by atoms with van der Waals surface area (Å²) in [5.74, 6) is 0. The Morgan fingerprint density at radius 2 is 1.00 bits per heavy atom. The van der Waals surface area contributed by atoms with Gasteiger partial charge in [-0.3, -0.25) is 0 Å². The molecule has 0 saturated carbocycles. The summed E-state index contributed by atoms with van der Waals surface area (Å²) >= 11 is 0. The van der Waals surface area contributed by atoms with Crippen LogP contribution in [0.5, 0.6) is 0 Å². The quantitative estimate of drug-likeness (QED) is 0.198. The lowest BCUT2D eigenvalue weighted by molar-refractivity contribution is -0.00230. The molecule has 24 heavy (non-hydrogen) atoms. The van der Waals surface area contributed by atoms with Gasteiger partial charge in [-0.15, -0.1) is 0 Å². The van der Waals surface area contributed by atoms with Crippen molar-refractivity contribution in [2.24, 2.45) is 5.41 Å². The minimum Gasteiger partial charge on any atom is -0.396 e. The monoisotopic (exact) mass is 346 g/mol. The Balaban J connectivity index is -0.000000635. The van der Waals surface area contributed by atoms with Crippen LogP contribution in [0.1, 0.15) is 71.1 Å². The van der Waals surface area contributed by atoms with Crippen molar-refractivity contribution in [1.82, 2.24) is 0 Å². The van der Waals surface area contributed by atoms with Crippen molar-refractivity contribution < 1.29 is 24.9 Å². The Labute approximate surface area is 145 Å². The Kier molecular flexibility index (Phi) is 27.4. The van der Waals surface area contributed by atoms with Gasteiger partial charge < -0.3 is 15.3 Å². The standard InChI is InChI=1S/C15H32O3.2CHNO/c1-2-3-4-5-6-7-8-9-10-11-15(12-16,13-17)14-18;2*2-1-3/h16-18H,2-14H2,1H3;2*2H. The van der Waals surface area contributed by atoms with E-state index in [2.05, 4.69) is 6.92 Å². The second kappa shape index (κ2) is 23.9. The van der Waals surface area contributed by atoms with Gasteiger partial charge in [-0.2, -0.15) is 0 Å². The number of hydrogen-bond acceptors (Lipinski definition) is 7. The van der Waals surface area contributed by atoms with Crippen molar-refractivity contribution in [1.29, 1.82) is 10.8 Å². The summed E-state index contributed by atoms with van der Waals surface area (Å²) in [6.07, 6.45) is 13.5. The third-order valence-corrected chi connectivity index (χ3v) is 3.82. The van der Waals surface area contributed by atoms with Gasteiger partial charge in [0.1, 0.15) is 0 Å². The fourth-order valence-electron chi connectivity index (χ4n) is 2.20. The third kappa shape index (κ3) is 20.6. The van der Waals surface area contributed by atoms with E-state index < -0.39 is 5.41 Å². The van der Waals surface area contributed by atoms with E-state index in [9.17, 15) is 15.3 Å². The Morgan fingerprint density at radius 3 is 1.29 bits per heavy atom. The molecule has 0 amide bonds. The molecule has 0 heterocycles. The second-order valence-electron chi connectivity index (χ2n) is 5.76. The number of aliphatic hydroxyl groups is 3. The molecule has 0 aromatic rings. The first-order valence-electron chi connectivity index (χ1n) is 8.48. The molecule has 0 fully saturated rings. The SMILES string of the molecule is CCCCCCCCCCCC(CO)(CO)CO.N=C=O.N=C=O. The summed E-state index contributed by atoms with van der Waals surface area (Å²) in [6.45, 7) is 1.85. The molecule has 0 unspecified atom stereocenters. The maximum Gasteiger partial charge on any atom is 0.231 e. The highest BCUT2D eigenvalue weighted by molar-refractivity contribution is 5.26. The number of aliphatic hydroxyl groups excluding tert-OH is 3. The predicted octanol–water partition coefficient (Wildman–Crippen LogP) is 2.67. The van der Waals surface area contributed by atoms with E-state index in [1.165, 1.54) is 44.9 Å². The molecule has 0 spiro atoms. The molecular formula is C17H34N2O5. The molecule has 142 valence electrons. The van der Waals surface area contributed by atoms with Crippen LogP contribution in [0.3, 0.4) is 0 Å². The van der Waals surface area contributed by atoms with Crippen molar-refractivity contribution in [3.05, 3.63) is 0 Å². The molecule has 7 nitrogen and oxygen atoms in total. The number of carbonyl (C=O) groups excluding carboxylic acids is 2. The molecule has 0 aliphatic rings. The molecule has 0 rings (SSSR count). The van der Waals surface area contributed by atoms with E-state index in [0.29, 0.717) is 6.42 Å². The molecule has 0 aromatic carbocycles. The lowest BCUT2D eigenvalue weighted by Crippen LogP contribution is -2.33. The van der Waals surface area contributed by atoms with Crippen molar-refractivity contribution in [3.8, 4) is 0 Å². The van der Waals surface area contributed by atoms with Crippen molar-refractivity contribution >= 4 is 12.2 Å². The van der Waals surface area contributed by atoms with E-state index in [1.54, 1.807) is 0 Å². The van der Waals surface area contributed by atoms with Crippen LogP contribution in [0.15, 0.2) is 0 Å². The highest BCUT2D eigenvalue weighted by atomic mass is 16.3. The van der Waals surface area contributed by atoms with Crippen LogP contribution < -0.4 is 0 Å². The van der Waals surface area contributed by atoms with Gasteiger partial charge >= 0.3 is 0 Å². The number of rotatable bonds is 13. The summed E-state index contributed by atoms with van der Waals surface area (Å²) in [7, 11) is 0. The van der Waals surface area contributed by atoms with Crippen LogP contribution in [-0.2, 0) is 9.59 Å². The minimum atomic E-state index is -0.666. The van der Waals surface area contributed by atoms with Gasteiger partial charge in [-0.1, -0.05) is 64.7 Å². The zero-order valence-electron chi connectivity index (χ0n) is 14.9. The van der Waals surface area contributed by atoms with E-state index in [-0.39, 0.29) is 19.8 Å². The largest absolute Gasteiger partial charge is 0.396 e. The van der Waals surface area contributed by atoms with E-state index >= 15 is 0 Å². The summed E-state index contributed by atoms with van der Waals surface area (Å²) < 4.78 is 0. The highest BCUT2D eigenvalue weighted by Gasteiger charge is 2.26. The van der Waals surface area contributed by atoms with Gasteiger partial charge in [0.25, 0.3) is 0 Å². The Bertz CT molecular complexity index is 288. The molecule has 0 aromatic heterocycles. The summed E-state index contributed by atoms with van der Waals surface area (Å²) in [5.41, 5.74) is -0.666. The van der Waals surface area contributed by atoms with Crippen molar-refractivity contribution in [3.63, 3.8) is 0 Å². The predicted molar refractivity (Wildman–Crippen MR) is 92.4 cm³/mol. The van der Waals surface area contributed by atoms with Gasteiger partial charge in [0.05, 0.1) is 19.8 Å².